The van der Waals surface area contributed by atoms with Gasteiger partial charge in [0.05, 0.1) is 23.7 Å². The summed E-state index contributed by atoms with van der Waals surface area (Å²) < 4.78 is 14.2. The molecule has 1 aliphatic rings. The molecule has 0 fully saturated rings. The second-order valence-electron chi connectivity index (χ2n) is 8.41. The number of aliphatic imine (C=N–C) groups is 1. The molecule has 0 saturated carbocycles. The number of para-hydroxylation sites is 2. The van der Waals surface area contributed by atoms with Crippen molar-refractivity contribution < 1.29 is 19.4 Å². The Morgan fingerprint density at radius 3 is 2.55 bits per heavy atom. The first kappa shape index (κ1) is 25.9. The molecular weight excluding hydrogens is 564 g/mol. The van der Waals surface area contributed by atoms with Crippen molar-refractivity contribution in [1.82, 2.24) is 4.57 Å². The summed E-state index contributed by atoms with van der Waals surface area (Å²) in [6.07, 6.45) is 3.92. The summed E-state index contributed by atoms with van der Waals surface area (Å²) in [5.74, 6) is 0.0912. The van der Waals surface area contributed by atoms with Crippen LogP contribution in [-0.2, 0) is 16.1 Å². The number of esters is 1. The van der Waals surface area contributed by atoms with Gasteiger partial charge in [0.1, 0.15) is 28.7 Å². The zero-order valence-electron chi connectivity index (χ0n) is 20.6. The second-order valence-corrected chi connectivity index (χ2v) is 10.4. The van der Waals surface area contributed by atoms with Crippen molar-refractivity contribution >= 4 is 61.4 Å². The largest absolute Gasteiger partial charge is 0.506 e. The number of ether oxygens (including phenoxy) is 2. The first-order valence-corrected chi connectivity index (χ1v) is 13.7. The van der Waals surface area contributed by atoms with Gasteiger partial charge in [-0.15, -0.1) is 0 Å². The van der Waals surface area contributed by atoms with Crippen LogP contribution in [0.2, 0.25) is 0 Å². The highest BCUT2D eigenvalue weighted by atomic mass is 79.9. The zero-order valence-corrected chi connectivity index (χ0v) is 23.0. The number of carbonyl (C=O) groups excluding carboxylic acids is 1. The van der Waals surface area contributed by atoms with E-state index in [1.165, 1.54) is 11.8 Å². The molecule has 0 aliphatic carbocycles. The van der Waals surface area contributed by atoms with Crippen molar-refractivity contribution in [1.29, 1.82) is 0 Å². The van der Waals surface area contributed by atoms with Gasteiger partial charge >= 0.3 is 5.97 Å². The molecule has 0 saturated heterocycles. The fourth-order valence-electron chi connectivity index (χ4n) is 4.13. The molecule has 4 aromatic rings. The maximum atomic E-state index is 12.8. The number of aromatic nitrogens is 1. The van der Waals surface area contributed by atoms with Gasteiger partial charge < -0.3 is 19.1 Å². The molecule has 1 N–H and O–H groups in total. The van der Waals surface area contributed by atoms with E-state index in [-0.39, 0.29) is 17.9 Å². The Hall–Kier alpha value is -3.75. The Balaban J connectivity index is 1.50. The molecule has 192 valence electrons. The van der Waals surface area contributed by atoms with Gasteiger partial charge in [0.15, 0.2) is 0 Å². The van der Waals surface area contributed by atoms with Crippen molar-refractivity contribution in [3.05, 3.63) is 111 Å². The monoisotopic (exact) mass is 588 g/mol. The summed E-state index contributed by atoms with van der Waals surface area (Å²) in [6.45, 7) is 3.07. The number of aliphatic hydroxyl groups is 1. The van der Waals surface area contributed by atoms with E-state index in [2.05, 4.69) is 25.5 Å². The number of hydrogen-bond acceptors (Lipinski definition) is 6. The van der Waals surface area contributed by atoms with Crippen molar-refractivity contribution in [2.75, 3.05) is 13.2 Å². The van der Waals surface area contributed by atoms with Gasteiger partial charge in [0.25, 0.3) is 0 Å². The third-order valence-electron chi connectivity index (χ3n) is 5.86. The molecule has 1 aliphatic heterocycles. The Labute approximate surface area is 233 Å². The lowest BCUT2D eigenvalue weighted by Gasteiger charge is -2.08. The summed E-state index contributed by atoms with van der Waals surface area (Å²) in [5, 5.41) is 12.5. The number of hydrogen-bond donors (Lipinski definition) is 1. The smallest absolute Gasteiger partial charge is 0.344 e. The Morgan fingerprint density at radius 1 is 1.08 bits per heavy atom. The first-order chi connectivity index (χ1) is 18.5. The van der Waals surface area contributed by atoms with Gasteiger partial charge in [-0.05, 0) is 55.5 Å². The maximum absolute atomic E-state index is 12.8. The number of benzene rings is 3. The fourth-order valence-corrected chi connectivity index (χ4v) is 5.52. The van der Waals surface area contributed by atoms with Crippen LogP contribution < -0.4 is 4.74 Å². The number of aliphatic hydroxyl groups excluding tert-OH is 1. The molecule has 0 bridgehead atoms. The minimum atomic E-state index is -0.598. The maximum Gasteiger partial charge on any atom is 0.344 e. The van der Waals surface area contributed by atoms with E-state index in [0.29, 0.717) is 28.8 Å². The average molecular weight is 590 g/mol. The van der Waals surface area contributed by atoms with E-state index in [9.17, 15) is 9.90 Å². The number of fused-ring (bicyclic) bond motifs is 1. The minimum Gasteiger partial charge on any atom is -0.506 e. The number of nitrogens with zero attached hydrogens (tertiary/aromatic N) is 2. The van der Waals surface area contributed by atoms with Crippen LogP contribution in [0.15, 0.2) is 111 Å². The number of halogens is 1. The van der Waals surface area contributed by atoms with Gasteiger partial charge in [0.2, 0.25) is 0 Å². The van der Waals surface area contributed by atoms with Crippen LogP contribution in [0, 0.1) is 0 Å². The highest BCUT2D eigenvalue weighted by Crippen LogP contribution is 2.41. The normalized spacial score (nSPS) is 15.5. The summed E-state index contributed by atoms with van der Waals surface area (Å²) in [5.41, 5.74) is 2.70. The van der Waals surface area contributed by atoms with Crippen LogP contribution in [-0.4, -0.2) is 33.9 Å². The van der Waals surface area contributed by atoms with E-state index in [4.69, 9.17) is 9.47 Å². The summed E-state index contributed by atoms with van der Waals surface area (Å²) >= 11 is 4.83. The highest BCUT2D eigenvalue weighted by molar-refractivity contribution is 9.10. The summed E-state index contributed by atoms with van der Waals surface area (Å²) in [7, 11) is 0. The Morgan fingerprint density at radius 2 is 1.82 bits per heavy atom. The van der Waals surface area contributed by atoms with Gasteiger partial charge in [-0.1, -0.05) is 64.1 Å². The molecule has 0 atom stereocenters. The molecule has 0 unspecified atom stereocenters. The van der Waals surface area contributed by atoms with Crippen LogP contribution in [0.25, 0.3) is 17.0 Å². The minimum absolute atomic E-state index is 0.0770. The standard InChI is InChI=1S/C30H25BrN2O4S/c1-2-36-30(35)27-28(34)26(38-29(27)32-22-9-5-3-6-10-22)17-20-19-33(25-14-13-21(31)18-24(20)25)15-16-37-23-11-7-4-8-12-23/h3-14,17-19,34H,2,15-16H2,1H3/b26-17-,32-29?. The van der Waals surface area contributed by atoms with Gasteiger partial charge in [-0.25, -0.2) is 9.79 Å². The highest BCUT2D eigenvalue weighted by Gasteiger charge is 2.33. The topological polar surface area (TPSA) is 73.0 Å². The van der Waals surface area contributed by atoms with Crippen molar-refractivity contribution in [3.63, 3.8) is 0 Å². The summed E-state index contributed by atoms with van der Waals surface area (Å²) in [4.78, 5) is 17.9. The van der Waals surface area contributed by atoms with E-state index in [0.717, 1.165) is 26.7 Å². The number of rotatable bonds is 8. The van der Waals surface area contributed by atoms with E-state index < -0.39 is 5.97 Å². The third-order valence-corrected chi connectivity index (χ3v) is 7.37. The molecule has 0 amide bonds. The van der Waals surface area contributed by atoms with Crippen LogP contribution in [0.5, 0.6) is 5.75 Å². The van der Waals surface area contributed by atoms with Crippen molar-refractivity contribution in [2.24, 2.45) is 4.99 Å². The predicted molar refractivity (Wildman–Crippen MR) is 157 cm³/mol. The van der Waals surface area contributed by atoms with E-state index in [1.807, 2.05) is 91.1 Å². The van der Waals surface area contributed by atoms with Crippen LogP contribution in [0.1, 0.15) is 12.5 Å². The van der Waals surface area contributed by atoms with Crippen LogP contribution in [0.4, 0.5) is 5.69 Å². The van der Waals surface area contributed by atoms with E-state index >= 15 is 0 Å². The van der Waals surface area contributed by atoms with Crippen LogP contribution >= 0.6 is 27.7 Å². The SMILES string of the molecule is CCOC(=O)C1=C(O)/C(=C/c2cn(CCOc3ccccc3)c3ccc(Br)cc23)SC1=Nc1ccccc1. The molecule has 3 aromatic carbocycles. The van der Waals surface area contributed by atoms with Gasteiger partial charge in [-0.3, -0.25) is 0 Å². The molecule has 2 heterocycles. The van der Waals surface area contributed by atoms with Crippen molar-refractivity contribution in [2.45, 2.75) is 13.5 Å². The molecule has 6 nitrogen and oxygen atoms in total. The second kappa shape index (κ2) is 11.8. The van der Waals surface area contributed by atoms with Crippen molar-refractivity contribution in [3.8, 4) is 5.75 Å². The Kier molecular flexibility index (Phi) is 8.00. The van der Waals surface area contributed by atoms with Gasteiger partial charge in [0, 0.05) is 27.1 Å². The Bertz CT molecular complexity index is 1560. The lowest BCUT2D eigenvalue weighted by atomic mass is 10.1. The molecular formula is C30H25BrN2O4S. The quantitative estimate of drug-likeness (QED) is 0.214. The zero-order chi connectivity index (χ0) is 26.5. The third kappa shape index (κ3) is 5.71. The predicted octanol–water partition coefficient (Wildman–Crippen LogP) is 7.68. The number of carbonyl (C=O) groups is 1. The molecule has 0 radical (unpaired) electrons. The molecule has 5 rings (SSSR count). The number of thioether (sulfide) groups is 1. The molecule has 38 heavy (non-hydrogen) atoms. The summed E-state index contributed by atoms with van der Waals surface area (Å²) in [6, 6.07) is 25.1. The molecule has 8 heteroatoms. The first-order valence-electron chi connectivity index (χ1n) is 12.1. The van der Waals surface area contributed by atoms with Gasteiger partial charge in [-0.2, -0.15) is 0 Å². The van der Waals surface area contributed by atoms with E-state index in [1.54, 1.807) is 6.92 Å². The van der Waals surface area contributed by atoms with Crippen LogP contribution in [0.3, 0.4) is 0 Å². The lowest BCUT2D eigenvalue weighted by molar-refractivity contribution is -0.138. The fraction of sp³-hybridized carbons (Fsp3) is 0.133. The molecule has 1 aromatic heterocycles. The molecule has 0 spiro atoms. The lowest BCUT2D eigenvalue weighted by Crippen LogP contribution is -2.12. The average Bonchev–Trinajstić information content (AvgIpc) is 3.41.